The number of fused-ring (bicyclic) bond motifs is 1. The van der Waals surface area contributed by atoms with Crippen molar-refractivity contribution in [2.24, 2.45) is 0 Å². The molecular weight excluding hydrogens is 156 g/mol. The number of aromatic nitrogens is 1. The molecule has 1 aromatic rings. The van der Waals surface area contributed by atoms with Gasteiger partial charge >= 0.3 is 5.76 Å². The average Bonchev–Trinajstić information content (AvgIpc) is 2.44. The van der Waals surface area contributed by atoms with Crippen LogP contribution in [0.4, 0.5) is 0 Å². The predicted octanol–water partition coefficient (Wildman–Crippen LogP) is 0.565. The molecule has 1 aliphatic carbocycles. The van der Waals surface area contributed by atoms with Gasteiger partial charge in [-0.15, -0.1) is 0 Å². The topological polar surface area (TPSA) is 58.0 Å². The van der Waals surface area contributed by atoms with E-state index in [4.69, 9.17) is 4.42 Å². The number of rotatable bonds is 1. The summed E-state index contributed by atoms with van der Waals surface area (Å²) < 4.78 is 4.99. The van der Waals surface area contributed by atoms with Crippen molar-refractivity contribution >= 4 is 0 Å². The number of nitrogens with one attached hydrogen (secondary N) is 2. The fourth-order valence-electron chi connectivity index (χ4n) is 1.74. The van der Waals surface area contributed by atoms with Crippen LogP contribution >= 0.6 is 0 Å². The molecule has 1 heterocycles. The van der Waals surface area contributed by atoms with E-state index in [1.54, 1.807) is 0 Å². The van der Waals surface area contributed by atoms with Crippen molar-refractivity contribution in [3.63, 3.8) is 0 Å². The van der Waals surface area contributed by atoms with Crippen LogP contribution in [0.25, 0.3) is 0 Å². The zero-order valence-electron chi connectivity index (χ0n) is 7.02. The zero-order valence-corrected chi connectivity index (χ0v) is 7.02. The molecule has 0 saturated carbocycles. The van der Waals surface area contributed by atoms with E-state index >= 15 is 0 Å². The molecule has 1 unspecified atom stereocenters. The molecule has 12 heavy (non-hydrogen) atoms. The predicted molar refractivity (Wildman–Crippen MR) is 44.1 cm³/mol. The molecule has 4 nitrogen and oxygen atoms in total. The van der Waals surface area contributed by atoms with Gasteiger partial charge in [0.1, 0.15) is 5.76 Å². The first kappa shape index (κ1) is 7.61. The summed E-state index contributed by atoms with van der Waals surface area (Å²) in [6, 6.07) is 0.264. The van der Waals surface area contributed by atoms with Crippen LogP contribution in [-0.4, -0.2) is 12.0 Å². The molecule has 1 aliphatic rings. The number of oxazole rings is 1. The second-order valence-corrected chi connectivity index (χ2v) is 3.08. The smallest absolute Gasteiger partial charge is 0.413 e. The third-order valence-electron chi connectivity index (χ3n) is 2.35. The highest BCUT2D eigenvalue weighted by molar-refractivity contribution is 5.15. The van der Waals surface area contributed by atoms with Crippen molar-refractivity contribution in [2.45, 2.75) is 25.3 Å². The molecule has 0 amide bonds. The van der Waals surface area contributed by atoms with E-state index in [1.807, 2.05) is 7.05 Å². The third kappa shape index (κ3) is 1.08. The Hall–Kier alpha value is -1.03. The van der Waals surface area contributed by atoms with Crippen molar-refractivity contribution < 1.29 is 4.42 Å². The molecule has 0 radical (unpaired) electrons. The van der Waals surface area contributed by atoms with Crippen LogP contribution in [0.5, 0.6) is 0 Å². The molecular formula is C8H12N2O2. The summed E-state index contributed by atoms with van der Waals surface area (Å²) in [7, 11) is 1.89. The maximum atomic E-state index is 10.9. The van der Waals surface area contributed by atoms with Crippen LogP contribution in [0.3, 0.4) is 0 Å². The molecule has 4 heteroatoms. The largest absolute Gasteiger partial charge is 0.416 e. The summed E-state index contributed by atoms with van der Waals surface area (Å²) >= 11 is 0. The highest BCUT2D eigenvalue weighted by Gasteiger charge is 2.22. The summed E-state index contributed by atoms with van der Waals surface area (Å²) in [5.41, 5.74) is 0.939. The molecule has 0 fully saturated rings. The van der Waals surface area contributed by atoms with Crippen LogP contribution < -0.4 is 11.1 Å². The van der Waals surface area contributed by atoms with E-state index in [0.717, 1.165) is 30.7 Å². The highest BCUT2D eigenvalue weighted by Crippen LogP contribution is 2.26. The number of aryl methyl sites for hydroxylation is 1. The first-order chi connectivity index (χ1) is 5.81. The van der Waals surface area contributed by atoms with E-state index in [-0.39, 0.29) is 11.8 Å². The lowest BCUT2D eigenvalue weighted by Gasteiger charge is -2.19. The minimum absolute atomic E-state index is 0.264. The fourth-order valence-corrected chi connectivity index (χ4v) is 1.74. The maximum Gasteiger partial charge on any atom is 0.416 e. The number of hydrogen-bond donors (Lipinski definition) is 2. The molecule has 1 aromatic heterocycles. The van der Waals surface area contributed by atoms with Gasteiger partial charge < -0.3 is 9.73 Å². The average molecular weight is 168 g/mol. The molecule has 2 N–H and O–H groups in total. The van der Waals surface area contributed by atoms with Crippen molar-refractivity contribution in [2.75, 3.05) is 7.05 Å². The SMILES string of the molecule is CNC1CCCc2oc(=O)[nH]c21. The van der Waals surface area contributed by atoms with E-state index in [9.17, 15) is 4.79 Å². The molecule has 0 saturated heterocycles. The van der Waals surface area contributed by atoms with Gasteiger partial charge in [-0.25, -0.2) is 4.79 Å². The zero-order chi connectivity index (χ0) is 8.55. The third-order valence-corrected chi connectivity index (χ3v) is 2.35. The Bertz CT molecular complexity index is 326. The summed E-state index contributed by atoms with van der Waals surface area (Å²) in [5.74, 6) is 0.493. The molecule has 2 rings (SSSR count). The van der Waals surface area contributed by atoms with Gasteiger partial charge in [0.15, 0.2) is 0 Å². The quantitative estimate of drug-likeness (QED) is 0.644. The lowest BCUT2D eigenvalue weighted by molar-refractivity contribution is 0.416. The van der Waals surface area contributed by atoms with Gasteiger partial charge in [0.05, 0.1) is 11.7 Å². The van der Waals surface area contributed by atoms with Crippen molar-refractivity contribution in [3.8, 4) is 0 Å². The fraction of sp³-hybridized carbons (Fsp3) is 0.625. The van der Waals surface area contributed by atoms with E-state index in [0.29, 0.717) is 0 Å². The molecule has 0 aromatic carbocycles. The van der Waals surface area contributed by atoms with E-state index in [2.05, 4.69) is 10.3 Å². The lowest BCUT2D eigenvalue weighted by atomic mass is 9.97. The summed E-state index contributed by atoms with van der Waals surface area (Å²) in [6.45, 7) is 0. The van der Waals surface area contributed by atoms with Gasteiger partial charge in [0, 0.05) is 6.42 Å². The van der Waals surface area contributed by atoms with Crippen molar-refractivity contribution in [1.29, 1.82) is 0 Å². The molecule has 1 atom stereocenters. The minimum Gasteiger partial charge on any atom is -0.413 e. The summed E-state index contributed by atoms with van der Waals surface area (Å²) in [5, 5.41) is 3.14. The number of H-pyrrole nitrogens is 1. The second-order valence-electron chi connectivity index (χ2n) is 3.08. The Morgan fingerprint density at radius 1 is 1.67 bits per heavy atom. The Morgan fingerprint density at radius 2 is 2.50 bits per heavy atom. The number of hydrogen-bond acceptors (Lipinski definition) is 3. The maximum absolute atomic E-state index is 10.9. The number of aromatic amines is 1. The molecule has 0 bridgehead atoms. The van der Waals surface area contributed by atoms with Gasteiger partial charge in [0.2, 0.25) is 0 Å². The Kier molecular flexibility index (Phi) is 1.77. The molecule has 0 spiro atoms. The Balaban J connectivity index is 2.43. The standard InChI is InChI=1S/C8H12N2O2/c1-9-5-3-2-4-6-7(5)10-8(11)12-6/h5,9H,2-4H2,1H3,(H,10,11). The lowest BCUT2D eigenvalue weighted by Crippen LogP contribution is -2.21. The Morgan fingerprint density at radius 3 is 3.25 bits per heavy atom. The van der Waals surface area contributed by atoms with Crippen LogP contribution in [0, 0.1) is 0 Å². The molecule has 0 aliphatic heterocycles. The highest BCUT2D eigenvalue weighted by atomic mass is 16.4. The molecule has 66 valence electrons. The second kappa shape index (κ2) is 2.79. The van der Waals surface area contributed by atoms with Crippen LogP contribution in [-0.2, 0) is 6.42 Å². The van der Waals surface area contributed by atoms with Gasteiger partial charge in [-0.05, 0) is 19.9 Å². The van der Waals surface area contributed by atoms with Crippen molar-refractivity contribution in [1.82, 2.24) is 10.3 Å². The summed E-state index contributed by atoms with van der Waals surface area (Å²) in [4.78, 5) is 13.6. The van der Waals surface area contributed by atoms with Gasteiger partial charge in [-0.1, -0.05) is 0 Å². The van der Waals surface area contributed by atoms with Crippen LogP contribution in [0.15, 0.2) is 9.21 Å². The van der Waals surface area contributed by atoms with Gasteiger partial charge in [0.25, 0.3) is 0 Å². The van der Waals surface area contributed by atoms with Crippen molar-refractivity contribution in [3.05, 3.63) is 22.0 Å². The normalized spacial score (nSPS) is 22.2. The summed E-state index contributed by atoms with van der Waals surface area (Å²) in [6.07, 6.45) is 3.03. The van der Waals surface area contributed by atoms with Gasteiger partial charge in [-0.3, -0.25) is 4.98 Å². The first-order valence-electron chi connectivity index (χ1n) is 4.20. The van der Waals surface area contributed by atoms with Gasteiger partial charge in [-0.2, -0.15) is 0 Å². The van der Waals surface area contributed by atoms with Crippen LogP contribution in [0.1, 0.15) is 30.3 Å². The van der Waals surface area contributed by atoms with Crippen LogP contribution in [0.2, 0.25) is 0 Å². The van der Waals surface area contributed by atoms with E-state index < -0.39 is 0 Å². The monoisotopic (exact) mass is 168 g/mol. The Labute approximate surface area is 70.0 Å². The van der Waals surface area contributed by atoms with E-state index in [1.165, 1.54) is 0 Å². The first-order valence-corrected chi connectivity index (χ1v) is 4.20. The minimum atomic E-state index is -0.331.